The summed E-state index contributed by atoms with van der Waals surface area (Å²) in [4.78, 5) is 26.0. The van der Waals surface area contributed by atoms with E-state index in [1.54, 1.807) is 24.0 Å². The van der Waals surface area contributed by atoms with Crippen molar-refractivity contribution in [1.29, 1.82) is 0 Å². The number of aryl methyl sites for hydroxylation is 1. The lowest BCUT2D eigenvalue weighted by Crippen LogP contribution is -2.42. The van der Waals surface area contributed by atoms with Crippen LogP contribution in [0.15, 0.2) is 18.2 Å². The molecule has 0 saturated carbocycles. The minimum Gasteiger partial charge on any atom is -0.466 e. The van der Waals surface area contributed by atoms with E-state index in [9.17, 15) is 9.59 Å². The molecule has 1 saturated heterocycles. The number of amides is 1. The van der Waals surface area contributed by atoms with Crippen LogP contribution in [-0.4, -0.2) is 36.5 Å². The molecule has 2 rings (SSSR count). The Kier molecular flexibility index (Phi) is 5.23. The number of hydrogen-bond acceptors (Lipinski definition) is 3. The molecule has 21 heavy (non-hydrogen) atoms. The van der Waals surface area contributed by atoms with Gasteiger partial charge in [-0.05, 0) is 44.4 Å². The second-order valence-corrected chi connectivity index (χ2v) is 5.71. The molecule has 0 radical (unpaired) electrons. The predicted octanol–water partition coefficient (Wildman–Crippen LogP) is 3.06. The molecule has 0 aliphatic carbocycles. The van der Waals surface area contributed by atoms with E-state index in [2.05, 4.69) is 0 Å². The number of piperidine rings is 1. The minimum absolute atomic E-state index is 0.0779. The first-order valence-corrected chi connectivity index (χ1v) is 7.62. The van der Waals surface area contributed by atoms with Gasteiger partial charge in [-0.2, -0.15) is 0 Å². The monoisotopic (exact) mass is 309 g/mol. The summed E-state index contributed by atoms with van der Waals surface area (Å²) in [5.74, 6) is -0.508. The summed E-state index contributed by atoms with van der Waals surface area (Å²) in [6.45, 7) is 5.15. The number of hydrogen-bond donors (Lipinski definition) is 0. The second kappa shape index (κ2) is 6.94. The molecule has 5 heteroatoms. The van der Waals surface area contributed by atoms with Crippen molar-refractivity contribution >= 4 is 23.5 Å². The summed E-state index contributed by atoms with van der Waals surface area (Å²) < 4.78 is 5.05. The fraction of sp³-hybridized carbons (Fsp3) is 0.500. The highest BCUT2D eigenvalue weighted by Gasteiger charge is 2.29. The SMILES string of the molecule is CCOC(=O)[C@@H]1CCCN(C(=O)c2ccc(C)c(Cl)c2)C1. The largest absolute Gasteiger partial charge is 0.466 e. The van der Waals surface area contributed by atoms with Crippen LogP contribution in [0.5, 0.6) is 0 Å². The average molecular weight is 310 g/mol. The number of rotatable bonds is 3. The predicted molar refractivity (Wildman–Crippen MR) is 81.4 cm³/mol. The van der Waals surface area contributed by atoms with Gasteiger partial charge in [0.15, 0.2) is 0 Å². The van der Waals surface area contributed by atoms with E-state index >= 15 is 0 Å². The number of likely N-dealkylation sites (tertiary alicyclic amines) is 1. The Labute approximate surface area is 130 Å². The van der Waals surface area contributed by atoms with Gasteiger partial charge >= 0.3 is 5.97 Å². The molecule has 1 amide bonds. The quantitative estimate of drug-likeness (QED) is 0.806. The van der Waals surface area contributed by atoms with Gasteiger partial charge < -0.3 is 9.64 Å². The Balaban J connectivity index is 2.08. The Morgan fingerprint density at radius 3 is 2.86 bits per heavy atom. The van der Waals surface area contributed by atoms with E-state index in [4.69, 9.17) is 16.3 Å². The zero-order valence-corrected chi connectivity index (χ0v) is 13.2. The number of esters is 1. The molecule has 1 aliphatic heterocycles. The number of ether oxygens (including phenoxy) is 1. The summed E-state index contributed by atoms with van der Waals surface area (Å²) in [5, 5.41) is 0.583. The molecular weight excluding hydrogens is 290 g/mol. The van der Waals surface area contributed by atoms with Gasteiger partial charge in [0, 0.05) is 23.7 Å². The normalized spacial score (nSPS) is 18.4. The summed E-state index contributed by atoms with van der Waals surface area (Å²) in [7, 11) is 0. The number of carbonyl (C=O) groups is 2. The lowest BCUT2D eigenvalue weighted by Gasteiger charge is -2.31. The van der Waals surface area contributed by atoms with Crippen molar-refractivity contribution < 1.29 is 14.3 Å². The molecule has 0 spiro atoms. The molecule has 0 bridgehead atoms. The third kappa shape index (κ3) is 3.76. The van der Waals surface area contributed by atoms with Crippen LogP contribution in [0.1, 0.15) is 35.7 Å². The van der Waals surface area contributed by atoms with Gasteiger partial charge in [-0.3, -0.25) is 9.59 Å². The Hall–Kier alpha value is -1.55. The standard InChI is InChI=1S/C16H20ClNO3/c1-3-21-16(20)13-5-4-8-18(10-13)15(19)12-7-6-11(2)14(17)9-12/h6-7,9,13H,3-5,8,10H2,1-2H3/t13-/m1/s1. The highest BCUT2D eigenvalue weighted by molar-refractivity contribution is 6.31. The zero-order chi connectivity index (χ0) is 15.4. The molecule has 1 aliphatic rings. The summed E-state index contributed by atoms with van der Waals surface area (Å²) in [6, 6.07) is 5.30. The molecule has 1 heterocycles. The molecule has 114 valence electrons. The molecule has 4 nitrogen and oxygen atoms in total. The molecular formula is C16H20ClNO3. The van der Waals surface area contributed by atoms with E-state index < -0.39 is 0 Å². The van der Waals surface area contributed by atoms with Gasteiger partial charge in [0.1, 0.15) is 0 Å². The fourth-order valence-electron chi connectivity index (χ4n) is 2.52. The van der Waals surface area contributed by atoms with Crippen LogP contribution >= 0.6 is 11.6 Å². The van der Waals surface area contributed by atoms with E-state index in [1.165, 1.54) is 0 Å². The lowest BCUT2D eigenvalue weighted by molar-refractivity contribution is -0.149. The smallest absolute Gasteiger partial charge is 0.310 e. The maximum atomic E-state index is 12.5. The first-order valence-electron chi connectivity index (χ1n) is 7.25. The number of carbonyl (C=O) groups excluding carboxylic acids is 2. The molecule has 0 N–H and O–H groups in total. The van der Waals surface area contributed by atoms with E-state index in [0.29, 0.717) is 30.3 Å². The van der Waals surface area contributed by atoms with Crippen molar-refractivity contribution in [2.24, 2.45) is 5.92 Å². The van der Waals surface area contributed by atoms with Crippen LogP contribution in [0.25, 0.3) is 0 Å². The van der Waals surface area contributed by atoms with Gasteiger partial charge in [-0.1, -0.05) is 17.7 Å². The van der Waals surface area contributed by atoms with Gasteiger partial charge in [0.2, 0.25) is 0 Å². The number of halogens is 1. The van der Waals surface area contributed by atoms with Crippen molar-refractivity contribution in [2.45, 2.75) is 26.7 Å². The van der Waals surface area contributed by atoms with Crippen LogP contribution in [0, 0.1) is 12.8 Å². The van der Waals surface area contributed by atoms with E-state index in [1.807, 2.05) is 13.0 Å². The van der Waals surface area contributed by atoms with Crippen molar-refractivity contribution in [2.75, 3.05) is 19.7 Å². The van der Waals surface area contributed by atoms with Gasteiger partial charge in [0.05, 0.1) is 12.5 Å². The first-order chi connectivity index (χ1) is 10.0. The Bertz CT molecular complexity index is 544. The van der Waals surface area contributed by atoms with Crippen molar-refractivity contribution in [3.8, 4) is 0 Å². The molecule has 1 aromatic rings. The maximum Gasteiger partial charge on any atom is 0.310 e. The van der Waals surface area contributed by atoms with Gasteiger partial charge in [-0.25, -0.2) is 0 Å². The Morgan fingerprint density at radius 1 is 1.43 bits per heavy atom. The fourth-order valence-corrected chi connectivity index (χ4v) is 2.70. The van der Waals surface area contributed by atoms with Gasteiger partial charge in [0.25, 0.3) is 5.91 Å². The number of nitrogens with zero attached hydrogens (tertiary/aromatic N) is 1. The lowest BCUT2D eigenvalue weighted by atomic mass is 9.97. The molecule has 1 aromatic carbocycles. The third-order valence-electron chi connectivity index (χ3n) is 3.75. The highest BCUT2D eigenvalue weighted by Crippen LogP contribution is 2.22. The van der Waals surface area contributed by atoms with Crippen molar-refractivity contribution in [3.63, 3.8) is 0 Å². The highest BCUT2D eigenvalue weighted by atomic mass is 35.5. The van der Waals surface area contributed by atoms with Gasteiger partial charge in [-0.15, -0.1) is 0 Å². The van der Waals surface area contributed by atoms with Crippen molar-refractivity contribution in [3.05, 3.63) is 34.3 Å². The average Bonchev–Trinajstić information content (AvgIpc) is 2.49. The van der Waals surface area contributed by atoms with Crippen LogP contribution in [0.3, 0.4) is 0 Å². The number of benzene rings is 1. The van der Waals surface area contributed by atoms with Crippen LogP contribution in [-0.2, 0) is 9.53 Å². The van der Waals surface area contributed by atoms with E-state index in [-0.39, 0.29) is 17.8 Å². The second-order valence-electron chi connectivity index (χ2n) is 5.31. The molecule has 1 fully saturated rings. The van der Waals surface area contributed by atoms with E-state index in [0.717, 1.165) is 18.4 Å². The molecule has 0 unspecified atom stereocenters. The van der Waals surface area contributed by atoms with Crippen LogP contribution in [0.4, 0.5) is 0 Å². The summed E-state index contributed by atoms with van der Waals surface area (Å²) in [5.41, 5.74) is 1.51. The van der Waals surface area contributed by atoms with Crippen molar-refractivity contribution in [1.82, 2.24) is 4.90 Å². The van der Waals surface area contributed by atoms with Crippen LogP contribution < -0.4 is 0 Å². The third-order valence-corrected chi connectivity index (χ3v) is 4.15. The van der Waals surface area contributed by atoms with Crippen LogP contribution in [0.2, 0.25) is 5.02 Å². The molecule has 1 atom stereocenters. The Morgan fingerprint density at radius 2 is 2.19 bits per heavy atom. The molecule has 0 aromatic heterocycles. The topological polar surface area (TPSA) is 46.6 Å². The maximum absolute atomic E-state index is 12.5. The minimum atomic E-state index is -0.219. The summed E-state index contributed by atoms with van der Waals surface area (Å²) >= 11 is 6.07. The zero-order valence-electron chi connectivity index (χ0n) is 12.4. The summed E-state index contributed by atoms with van der Waals surface area (Å²) in [6.07, 6.45) is 1.59. The first kappa shape index (κ1) is 15.8.